The van der Waals surface area contributed by atoms with E-state index in [-0.39, 0.29) is 11.9 Å². The fourth-order valence-electron chi connectivity index (χ4n) is 4.11. The van der Waals surface area contributed by atoms with Crippen molar-refractivity contribution in [2.75, 3.05) is 13.7 Å². The van der Waals surface area contributed by atoms with Gasteiger partial charge >= 0.3 is 0 Å². The second-order valence-electron chi connectivity index (χ2n) is 7.22. The smallest absolute Gasteiger partial charge is 0.254 e. The number of carbonyl (C=O) groups is 1. The summed E-state index contributed by atoms with van der Waals surface area (Å²) >= 11 is 0. The Labute approximate surface area is 154 Å². The highest BCUT2D eigenvalue weighted by molar-refractivity contribution is 5.94. The number of aromatic nitrogens is 3. The molecule has 4 rings (SSSR count). The molecule has 1 amide bonds. The van der Waals surface area contributed by atoms with Crippen molar-refractivity contribution in [1.29, 1.82) is 0 Å². The molecule has 0 N–H and O–H groups in total. The van der Waals surface area contributed by atoms with Crippen LogP contribution in [0.4, 0.5) is 0 Å². The van der Waals surface area contributed by atoms with Crippen molar-refractivity contribution in [1.82, 2.24) is 19.7 Å². The Morgan fingerprint density at radius 2 is 1.96 bits per heavy atom. The predicted molar refractivity (Wildman–Crippen MR) is 97.7 cm³/mol. The van der Waals surface area contributed by atoms with Crippen LogP contribution in [0.25, 0.3) is 0 Å². The second kappa shape index (κ2) is 7.58. The average Bonchev–Trinajstić information content (AvgIpc) is 3.23. The lowest BCUT2D eigenvalue weighted by molar-refractivity contribution is 0.0727. The van der Waals surface area contributed by atoms with E-state index >= 15 is 0 Å². The number of methoxy groups -OCH3 is 1. The van der Waals surface area contributed by atoms with Crippen molar-refractivity contribution in [2.45, 2.75) is 57.7 Å². The van der Waals surface area contributed by atoms with Gasteiger partial charge in [-0.15, -0.1) is 10.2 Å². The van der Waals surface area contributed by atoms with Crippen LogP contribution in [0.2, 0.25) is 0 Å². The predicted octanol–water partition coefficient (Wildman–Crippen LogP) is 3.13. The zero-order chi connectivity index (χ0) is 17.9. The summed E-state index contributed by atoms with van der Waals surface area (Å²) in [7, 11) is 1.68. The first kappa shape index (κ1) is 17.2. The van der Waals surface area contributed by atoms with Crippen LogP contribution < -0.4 is 0 Å². The molecule has 0 spiro atoms. The number of nitrogens with zero attached hydrogens (tertiary/aromatic N) is 4. The zero-order valence-electron chi connectivity index (χ0n) is 15.4. The standard InChI is InChI=1S/C20H26N4O2/c1-26-14-15-8-10-16(11-9-15)20(25)23-13-5-6-17(23)19-22-21-18-7-3-2-4-12-24(18)19/h8-11,17H,2-7,12-14H2,1H3. The molecule has 26 heavy (non-hydrogen) atoms. The molecule has 1 atom stereocenters. The van der Waals surface area contributed by atoms with Gasteiger partial charge < -0.3 is 14.2 Å². The fraction of sp³-hybridized carbons (Fsp3) is 0.550. The monoisotopic (exact) mass is 354 g/mol. The Morgan fingerprint density at radius 3 is 2.77 bits per heavy atom. The third kappa shape index (κ3) is 3.26. The zero-order valence-corrected chi connectivity index (χ0v) is 15.4. The van der Waals surface area contributed by atoms with Crippen LogP contribution in [0.15, 0.2) is 24.3 Å². The molecule has 1 unspecified atom stereocenters. The van der Waals surface area contributed by atoms with Crippen molar-refractivity contribution in [2.24, 2.45) is 0 Å². The summed E-state index contributed by atoms with van der Waals surface area (Å²) < 4.78 is 7.41. The van der Waals surface area contributed by atoms with E-state index in [1.807, 2.05) is 29.2 Å². The Hall–Kier alpha value is -2.21. The lowest BCUT2D eigenvalue weighted by atomic mass is 10.1. The highest BCUT2D eigenvalue weighted by atomic mass is 16.5. The van der Waals surface area contributed by atoms with Gasteiger partial charge in [-0.2, -0.15) is 0 Å². The summed E-state index contributed by atoms with van der Waals surface area (Å²) in [6.07, 6.45) is 6.56. The molecule has 2 aromatic rings. The molecular formula is C20H26N4O2. The van der Waals surface area contributed by atoms with Crippen molar-refractivity contribution < 1.29 is 9.53 Å². The number of benzene rings is 1. The number of amides is 1. The van der Waals surface area contributed by atoms with E-state index in [2.05, 4.69) is 14.8 Å². The first-order chi connectivity index (χ1) is 12.8. The molecule has 0 bridgehead atoms. The first-order valence-corrected chi connectivity index (χ1v) is 9.59. The van der Waals surface area contributed by atoms with Crippen molar-refractivity contribution in [3.63, 3.8) is 0 Å². The Morgan fingerprint density at radius 1 is 1.12 bits per heavy atom. The first-order valence-electron chi connectivity index (χ1n) is 9.59. The molecule has 0 saturated carbocycles. The van der Waals surface area contributed by atoms with Gasteiger partial charge in [0.15, 0.2) is 5.82 Å². The van der Waals surface area contributed by atoms with Gasteiger partial charge in [-0.3, -0.25) is 4.79 Å². The molecule has 6 nitrogen and oxygen atoms in total. The van der Waals surface area contributed by atoms with E-state index in [1.54, 1.807) is 7.11 Å². The number of carbonyl (C=O) groups excluding carboxylic acids is 1. The van der Waals surface area contributed by atoms with Crippen LogP contribution in [0, 0.1) is 0 Å². The normalized spacial score (nSPS) is 20.0. The topological polar surface area (TPSA) is 60.2 Å². The summed E-state index contributed by atoms with van der Waals surface area (Å²) in [5.41, 5.74) is 1.80. The SMILES string of the molecule is COCc1ccc(C(=O)N2CCCC2c2nnc3n2CCCCC3)cc1. The Kier molecular flexibility index (Phi) is 5.02. The largest absolute Gasteiger partial charge is 0.380 e. The minimum Gasteiger partial charge on any atom is -0.380 e. The number of likely N-dealkylation sites (tertiary alicyclic amines) is 1. The molecule has 0 aliphatic carbocycles. The van der Waals surface area contributed by atoms with Gasteiger partial charge in [0.05, 0.1) is 12.6 Å². The number of fused-ring (bicyclic) bond motifs is 1. The minimum atomic E-state index is 0.0421. The number of ether oxygens (including phenoxy) is 1. The van der Waals surface area contributed by atoms with Gasteiger partial charge in [0.1, 0.15) is 5.82 Å². The second-order valence-corrected chi connectivity index (χ2v) is 7.22. The van der Waals surface area contributed by atoms with E-state index < -0.39 is 0 Å². The Balaban J connectivity index is 1.57. The minimum absolute atomic E-state index is 0.0421. The van der Waals surface area contributed by atoms with Gasteiger partial charge in [-0.05, 0) is 43.4 Å². The number of hydrogen-bond acceptors (Lipinski definition) is 4. The van der Waals surface area contributed by atoms with Crippen molar-refractivity contribution >= 4 is 5.91 Å². The van der Waals surface area contributed by atoms with Crippen LogP contribution in [0.1, 0.15) is 65.7 Å². The molecule has 1 fully saturated rings. The number of aryl methyl sites for hydroxylation is 1. The van der Waals surface area contributed by atoms with Gasteiger partial charge in [0, 0.05) is 32.2 Å². The summed E-state index contributed by atoms with van der Waals surface area (Å²) in [4.78, 5) is 15.1. The van der Waals surface area contributed by atoms with Crippen LogP contribution in [-0.4, -0.2) is 39.2 Å². The van der Waals surface area contributed by atoms with E-state index in [0.29, 0.717) is 6.61 Å². The van der Waals surface area contributed by atoms with Gasteiger partial charge in [-0.25, -0.2) is 0 Å². The van der Waals surface area contributed by atoms with E-state index in [1.165, 1.54) is 19.3 Å². The highest BCUT2D eigenvalue weighted by Crippen LogP contribution is 2.33. The molecule has 6 heteroatoms. The number of hydrogen-bond donors (Lipinski definition) is 0. The molecule has 1 aromatic heterocycles. The van der Waals surface area contributed by atoms with Gasteiger partial charge in [-0.1, -0.05) is 18.6 Å². The lowest BCUT2D eigenvalue weighted by Gasteiger charge is -2.25. The average molecular weight is 354 g/mol. The molecule has 0 radical (unpaired) electrons. The summed E-state index contributed by atoms with van der Waals surface area (Å²) in [6.45, 7) is 2.32. The quantitative estimate of drug-likeness (QED) is 0.846. The van der Waals surface area contributed by atoms with Crippen LogP contribution in [-0.2, 0) is 24.3 Å². The summed E-state index contributed by atoms with van der Waals surface area (Å²) in [6, 6.07) is 7.77. The van der Waals surface area contributed by atoms with Crippen molar-refractivity contribution in [3.8, 4) is 0 Å². The van der Waals surface area contributed by atoms with Crippen LogP contribution in [0.5, 0.6) is 0 Å². The Bertz CT molecular complexity index is 769. The van der Waals surface area contributed by atoms with Crippen LogP contribution in [0.3, 0.4) is 0 Å². The maximum atomic E-state index is 13.1. The molecule has 1 saturated heterocycles. The molecule has 1 aromatic carbocycles. The third-order valence-electron chi connectivity index (χ3n) is 5.46. The molecular weight excluding hydrogens is 328 g/mol. The van der Waals surface area contributed by atoms with Crippen LogP contribution >= 0.6 is 0 Å². The van der Waals surface area contributed by atoms with E-state index in [0.717, 1.165) is 55.1 Å². The van der Waals surface area contributed by atoms with Gasteiger partial charge in [0.2, 0.25) is 0 Å². The van der Waals surface area contributed by atoms with E-state index in [4.69, 9.17) is 4.74 Å². The third-order valence-corrected chi connectivity index (χ3v) is 5.46. The molecule has 2 aliphatic heterocycles. The lowest BCUT2D eigenvalue weighted by Crippen LogP contribution is -2.32. The fourth-order valence-corrected chi connectivity index (χ4v) is 4.11. The molecule has 138 valence electrons. The summed E-state index contributed by atoms with van der Waals surface area (Å²) in [5.74, 6) is 2.15. The molecule has 2 aliphatic rings. The van der Waals surface area contributed by atoms with Gasteiger partial charge in [0.25, 0.3) is 5.91 Å². The van der Waals surface area contributed by atoms with Crippen molar-refractivity contribution in [3.05, 3.63) is 47.0 Å². The summed E-state index contributed by atoms with van der Waals surface area (Å²) in [5, 5.41) is 8.91. The maximum Gasteiger partial charge on any atom is 0.254 e. The molecule has 3 heterocycles. The number of rotatable bonds is 4. The maximum absolute atomic E-state index is 13.1. The highest BCUT2D eigenvalue weighted by Gasteiger charge is 2.34. The van der Waals surface area contributed by atoms with E-state index in [9.17, 15) is 4.79 Å².